The topological polar surface area (TPSA) is 41.5 Å². The van der Waals surface area contributed by atoms with Gasteiger partial charge in [0.05, 0.1) is 5.69 Å². The van der Waals surface area contributed by atoms with Gasteiger partial charge in [0.1, 0.15) is 6.33 Å². The van der Waals surface area contributed by atoms with Gasteiger partial charge >= 0.3 is 0 Å². The fourth-order valence-electron chi connectivity index (χ4n) is 3.21. The molecule has 3 heterocycles. The SMILES string of the molecule is CCc1ncnc(N2CCN(C3CCOCC3)CC2)c1F. The number of halogens is 1. The molecular formula is C15H23FN4O. The first-order valence-electron chi connectivity index (χ1n) is 7.85. The van der Waals surface area contributed by atoms with Crippen molar-refractivity contribution in [2.75, 3.05) is 44.3 Å². The number of aryl methyl sites for hydroxylation is 1. The molecular weight excluding hydrogens is 271 g/mol. The molecule has 0 N–H and O–H groups in total. The van der Waals surface area contributed by atoms with Gasteiger partial charge in [0.25, 0.3) is 0 Å². The third kappa shape index (κ3) is 3.16. The molecule has 1 aromatic heterocycles. The monoisotopic (exact) mass is 294 g/mol. The van der Waals surface area contributed by atoms with Crippen molar-refractivity contribution >= 4 is 5.82 Å². The highest BCUT2D eigenvalue weighted by molar-refractivity contribution is 5.41. The van der Waals surface area contributed by atoms with Crippen LogP contribution in [-0.2, 0) is 11.2 Å². The van der Waals surface area contributed by atoms with E-state index < -0.39 is 0 Å². The zero-order valence-electron chi connectivity index (χ0n) is 12.6. The predicted molar refractivity (Wildman–Crippen MR) is 79.0 cm³/mol. The van der Waals surface area contributed by atoms with Gasteiger partial charge in [-0.25, -0.2) is 14.4 Å². The minimum absolute atomic E-state index is 0.250. The van der Waals surface area contributed by atoms with Gasteiger partial charge in [-0.1, -0.05) is 6.92 Å². The Balaban J connectivity index is 1.63. The molecule has 2 aliphatic heterocycles. The van der Waals surface area contributed by atoms with E-state index in [9.17, 15) is 4.39 Å². The second kappa shape index (κ2) is 6.66. The summed E-state index contributed by atoms with van der Waals surface area (Å²) in [4.78, 5) is 12.7. The van der Waals surface area contributed by atoms with Crippen LogP contribution in [0, 0.1) is 5.82 Å². The summed E-state index contributed by atoms with van der Waals surface area (Å²) >= 11 is 0. The maximum Gasteiger partial charge on any atom is 0.187 e. The highest BCUT2D eigenvalue weighted by Crippen LogP contribution is 2.22. The van der Waals surface area contributed by atoms with Crippen molar-refractivity contribution in [1.29, 1.82) is 0 Å². The molecule has 0 radical (unpaired) electrons. The summed E-state index contributed by atoms with van der Waals surface area (Å²) in [6.45, 7) is 7.24. The van der Waals surface area contributed by atoms with Gasteiger partial charge in [-0.3, -0.25) is 4.90 Å². The van der Waals surface area contributed by atoms with Crippen molar-refractivity contribution in [2.45, 2.75) is 32.2 Å². The molecule has 0 aromatic carbocycles. The van der Waals surface area contributed by atoms with E-state index in [0.29, 0.717) is 24.0 Å². The van der Waals surface area contributed by atoms with Crippen LogP contribution in [0.25, 0.3) is 0 Å². The number of rotatable bonds is 3. The van der Waals surface area contributed by atoms with E-state index in [1.54, 1.807) is 0 Å². The smallest absolute Gasteiger partial charge is 0.187 e. The number of hydrogen-bond acceptors (Lipinski definition) is 5. The van der Waals surface area contributed by atoms with E-state index in [1.807, 2.05) is 11.8 Å². The van der Waals surface area contributed by atoms with Gasteiger partial charge in [-0.05, 0) is 19.3 Å². The molecule has 6 heteroatoms. The molecule has 1 aromatic rings. The van der Waals surface area contributed by atoms with Gasteiger partial charge in [-0.15, -0.1) is 0 Å². The number of nitrogens with zero attached hydrogens (tertiary/aromatic N) is 4. The highest BCUT2D eigenvalue weighted by atomic mass is 19.1. The van der Waals surface area contributed by atoms with Crippen LogP contribution in [0.5, 0.6) is 0 Å². The van der Waals surface area contributed by atoms with E-state index >= 15 is 0 Å². The number of hydrogen-bond donors (Lipinski definition) is 0. The van der Waals surface area contributed by atoms with Crippen molar-refractivity contribution in [1.82, 2.24) is 14.9 Å². The Bertz CT molecular complexity index is 471. The molecule has 0 unspecified atom stereocenters. The van der Waals surface area contributed by atoms with Gasteiger partial charge in [0.15, 0.2) is 11.6 Å². The van der Waals surface area contributed by atoms with Gasteiger partial charge < -0.3 is 9.64 Å². The van der Waals surface area contributed by atoms with Crippen molar-refractivity contribution in [2.24, 2.45) is 0 Å². The maximum atomic E-state index is 14.3. The normalized spacial score (nSPS) is 21.7. The summed E-state index contributed by atoms with van der Waals surface area (Å²) in [5, 5.41) is 0. The highest BCUT2D eigenvalue weighted by Gasteiger charge is 2.27. The summed E-state index contributed by atoms with van der Waals surface area (Å²) < 4.78 is 19.7. The van der Waals surface area contributed by atoms with Crippen LogP contribution in [0.4, 0.5) is 10.2 Å². The molecule has 2 fully saturated rings. The second-order valence-corrected chi connectivity index (χ2v) is 5.68. The minimum atomic E-state index is -0.250. The van der Waals surface area contributed by atoms with E-state index in [1.165, 1.54) is 6.33 Å². The van der Waals surface area contributed by atoms with E-state index in [0.717, 1.165) is 52.2 Å². The third-order valence-electron chi connectivity index (χ3n) is 4.50. The lowest BCUT2D eigenvalue weighted by Gasteiger charge is -2.41. The zero-order valence-corrected chi connectivity index (χ0v) is 12.6. The molecule has 2 aliphatic rings. The first kappa shape index (κ1) is 14.7. The fraction of sp³-hybridized carbons (Fsp3) is 0.733. The molecule has 0 atom stereocenters. The zero-order chi connectivity index (χ0) is 14.7. The summed E-state index contributed by atoms with van der Waals surface area (Å²) in [6.07, 6.45) is 4.30. The average molecular weight is 294 g/mol. The van der Waals surface area contributed by atoms with Gasteiger partial charge in [-0.2, -0.15) is 0 Å². The summed E-state index contributed by atoms with van der Waals surface area (Å²) in [7, 11) is 0. The molecule has 21 heavy (non-hydrogen) atoms. The number of aromatic nitrogens is 2. The molecule has 3 rings (SSSR count). The maximum absolute atomic E-state index is 14.3. The Morgan fingerprint density at radius 3 is 2.57 bits per heavy atom. The molecule has 0 spiro atoms. The lowest BCUT2D eigenvalue weighted by Crippen LogP contribution is -2.52. The summed E-state index contributed by atoms with van der Waals surface area (Å²) in [6, 6.07) is 0.627. The van der Waals surface area contributed by atoms with Crippen molar-refractivity contribution < 1.29 is 9.13 Å². The molecule has 0 saturated carbocycles. The first-order chi connectivity index (χ1) is 10.3. The van der Waals surface area contributed by atoms with Crippen molar-refractivity contribution in [3.8, 4) is 0 Å². The van der Waals surface area contributed by atoms with Crippen molar-refractivity contribution in [3.05, 3.63) is 17.8 Å². The van der Waals surface area contributed by atoms with Crippen LogP contribution in [-0.4, -0.2) is 60.3 Å². The Morgan fingerprint density at radius 2 is 1.90 bits per heavy atom. The summed E-state index contributed by atoms with van der Waals surface area (Å²) in [5.41, 5.74) is 0.506. The molecule has 5 nitrogen and oxygen atoms in total. The minimum Gasteiger partial charge on any atom is -0.381 e. The molecule has 0 amide bonds. The van der Waals surface area contributed by atoms with E-state index in [2.05, 4.69) is 14.9 Å². The Morgan fingerprint density at radius 1 is 1.19 bits per heavy atom. The Kier molecular flexibility index (Phi) is 4.65. The standard InChI is InChI=1S/C15H23FN4O/c1-2-13-14(16)15(18-11-17-13)20-7-5-19(6-8-20)12-3-9-21-10-4-12/h11-12H,2-10H2,1H3. The first-order valence-corrected chi connectivity index (χ1v) is 7.85. The number of anilines is 1. The van der Waals surface area contributed by atoms with Crippen LogP contribution in [0.15, 0.2) is 6.33 Å². The van der Waals surface area contributed by atoms with Crippen LogP contribution >= 0.6 is 0 Å². The van der Waals surface area contributed by atoms with E-state index in [-0.39, 0.29) is 5.82 Å². The second-order valence-electron chi connectivity index (χ2n) is 5.68. The Hall–Kier alpha value is -1.27. The quantitative estimate of drug-likeness (QED) is 0.844. The van der Waals surface area contributed by atoms with Crippen LogP contribution < -0.4 is 4.90 Å². The molecule has 2 saturated heterocycles. The van der Waals surface area contributed by atoms with Crippen LogP contribution in [0.3, 0.4) is 0 Å². The van der Waals surface area contributed by atoms with Crippen LogP contribution in [0.1, 0.15) is 25.5 Å². The van der Waals surface area contributed by atoms with E-state index in [4.69, 9.17) is 4.74 Å². The third-order valence-corrected chi connectivity index (χ3v) is 4.50. The Labute approximate surface area is 125 Å². The lowest BCUT2D eigenvalue weighted by molar-refractivity contribution is 0.0320. The fourth-order valence-corrected chi connectivity index (χ4v) is 3.21. The molecule has 0 aliphatic carbocycles. The number of ether oxygens (including phenoxy) is 1. The lowest BCUT2D eigenvalue weighted by atomic mass is 10.1. The average Bonchev–Trinajstić information content (AvgIpc) is 2.56. The molecule has 116 valence electrons. The predicted octanol–water partition coefficient (Wildman–Crippen LogP) is 1.48. The van der Waals surface area contributed by atoms with Gasteiger partial charge in [0, 0.05) is 45.4 Å². The largest absolute Gasteiger partial charge is 0.381 e. The molecule has 0 bridgehead atoms. The van der Waals surface area contributed by atoms with Crippen LogP contribution in [0.2, 0.25) is 0 Å². The summed E-state index contributed by atoms with van der Waals surface area (Å²) in [5.74, 6) is 0.216. The van der Waals surface area contributed by atoms with Crippen molar-refractivity contribution in [3.63, 3.8) is 0 Å². The number of piperazine rings is 1. The van der Waals surface area contributed by atoms with Gasteiger partial charge in [0.2, 0.25) is 0 Å².